The number of fused-ring (bicyclic) bond motifs is 1. The molecule has 0 N–H and O–H groups in total. The van der Waals surface area contributed by atoms with Crippen LogP contribution in [0.4, 0.5) is 0 Å². The van der Waals surface area contributed by atoms with Gasteiger partial charge in [-0.25, -0.2) is 8.42 Å². The highest BCUT2D eigenvalue weighted by Gasteiger charge is 2.31. The summed E-state index contributed by atoms with van der Waals surface area (Å²) in [4.78, 5) is 0.0135. The van der Waals surface area contributed by atoms with Crippen LogP contribution in [0.2, 0.25) is 10.2 Å². The van der Waals surface area contributed by atoms with Gasteiger partial charge in [0, 0.05) is 26.2 Å². The molecule has 2 aromatic rings. The number of benzene rings is 1. The molecule has 0 bridgehead atoms. The molecule has 0 unspecified atom stereocenters. The lowest BCUT2D eigenvalue weighted by atomic mass is 10.00. The van der Waals surface area contributed by atoms with Crippen LogP contribution in [0.3, 0.4) is 0 Å². The van der Waals surface area contributed by atoms with Gasteiger partial charge in [0.1, 0.15) is 10.0 Å². The molecule has 0 aliphatic carbocycles. The van der Waals surface area contributed by atoms with Gasteiger partial charge in [-0.15, -0.1) is 0 Å². The second-order valence-corrected chi connectivity index (χ2v) is 8.62. The molecule has 0 spiro atoms. The fourth-order valence-corrected chi connectivity index (χ4v) is 5.06. The molecule has 0 saturated carbocycles. The third kappa shape index (κ3) is 2.87. The van der Waals surface area contributed by atoms with Crippen molar-refractivity contribution >= 4 is 38.8 Å². The quantitative estimate of drug-likeness (QED) is 0.770. The molecule has 138 valence electrons. The number of hydrogen-bond acceptors (Lipinski definition) is 5. The summed E-state index contributed by atoms with van der Waals surface area (Å²) in [5.41, 5.74) is 1.80. The fraction of sp³-hybridized carbons (Fsp3) is 0.312. The number of aryl methyl sites for hydroxylation is 1. The topological polar surface area (TPSA) is 73.7 Å². The lowest BCUT2D eigenvalue weighted by Gasteiger charge is -2.26. The number of hydrogen-bond donors (Lipinski definition) is 0. The summed E-state index contributed by atoms with van der Waals surface area (Å²) in [7, 11) is -2.11. The van der Waals surface area contributed by atoms with Crippen LogP contribution in [0.25, 0.3) is 5.57 Å². The summed E-state index contributed by atoms with van der Waals surface area (Å²) in [5, 5.41) is 4.55. The highest BCUT2D eigenvalue weighted by atomic mass is 35.5. The second-order valence-electron chi connectivity index (χ2n) is 5.95. The molecule has 2 aliphatic heterocycles. The van der Waals surface area contributed by atoms with Gasteiger partial charge in [0.05, 0.1) is 11.2 Å². The minimum absolute atomic E-state index is 0.0135. The van der Waals surface area contributed by atoms with Crippen molar-refractivity contribution < 1.29 is 17.9 Å². The minimum Gasteiger partial charge on any atom is -0.454 e. The van der Waals surface area contributed by atoms with Gasteiger partial charge in [-0.05, 0) is 23.6 Å². The summed E-state index contributed by atoms with van der Waals surface area (Å²) in [6, 6.07) is 3.55. The molecule has 2 aliphatic rings. The Morgan fingerprint density at radius 2 is 1.92 bits per heavy atom. The molecule has 0 fully saturated rings. The van der Waals surface area contributed by atoms with Crippen molar-refractivity contribution in [3.05, 3.63) is 40.1 Å². The summed E-state index contributed by atoms with van der Waals surface area (Å²) < 4.78 is 39.0. The van der Waals surface area contributed by atoms with Crippen molar-refractivity contribution in [2.24, 2.45) is 7.05 Å². The number of aromatic nitrogens is 2. The van der Waals surface area contributed by atoms with Crippen LogP contribution < -0.4 is 9.47 Å². The predicted octanol–water partition coefficient (Wildman–Crippen LogP) is 2.93. The average Bonchev–Trinajstić information content (AvgIpc) is 3.21. The standard InChI is InChI=1S/C16H15Cl2N3O4S/c1-20-16(18)15(8-19-20)26(22,23)21-4-2-10(3-5-21)11-6-13-14(7-12(11)17)25-9-24-13/h2,6-8H,3-5,9H2,1H3. The number of sulfonamides is 1. The Balaban J connectivity index is 1.60. The van der Waals surface area contributed by atoms with E-state index in [0.29, 0.717) is 29.5 Å². The normalized spacial score (nSPS) is 17.4. The molecule has 1 aromatic heterocycles. The number of halogens is 2. The Bertz CT molecular complexity index is 1020. The minimum atomic E-state index is -3.70. The number of nitrogens with zero attached hydrogens (tertiary/aromatic N) is 3. The van der Waals surface area contributed by atoms with Gasteiger partial charge >= 0.3 is 0 Å². The zero-order valence-corrected chi connectivity index (χ0v) is 16.1. The van der Waals surface area contributed by atoms with Crippen LogP contribution in [0.1, 0.15) is 12.0 Å². The summed E-state index contributed by atoms with van der Waals surface area (Å²) in [6.45, 7) is 0.726. The van der Waals surface area contributed by atoms with Crippen molar-refractivity contribution in [3.63, 3.8) is 0 Å². The lowest BCUT2D eigenvalue weighted by Crippen LogP contribution is -2.34. The lowest BCUT2D eigenvalue weighted by molar-refractivity contribution is 0.174. The highest BCUT2D eigenvalue weighted by Crippen LogP contribution is 2.40. The van der Waals surface area contributed by atoms with E-state index in [1.807, 2.05) is 12.1 Å². The van der Waals surface area contributed by atoms with Crippen LogP contribution in [0.5, 0.6) is 11.5 Å². The van der Waals surface area contributed by atoms with Crippen molar-refractivity contribution in [1.29, 1.82) is 0 Å². The highest BCUT2D eigenvalue weighted by molar-refractivity contribution is 7.89. The average molecular weight is 416 g/mol. The second kappa shape index (κ2) is 6.45. The molecule has 1 aromatic carbocycles. The van der Waals surface area contributed by atoms with E-state index in [9.17, 15) is 8.42 Å². The van der Waals surface area contributed by atoms with E-state index in [4.69, 9.17) is 32.7 Å². The van der Waals surface area contributed by atoms with Crippen LogP contribution in [0.15, 0.2) is 29.3 Å². The largest absolute Gasteiger partial charge is 0.454 e. The van der Waals surface area contributed by atoms with Crippen LogP contribution in [-0.4, -0.2) is 42.4 Å². The van der Waals surface area contributed by atoms with Crippen molar-refractivity contribution in [2.75, 3.05) is 19.9 Å². The Morgan fingerprint density at radius 3 is 2.54 bits per heavy atom. The first-order valence-electron chi connectivity index (χ1n) is 7.84. The maximum atomic E-state index is 12.8. The summed E-state index contributed by atoms with van der Waals surface area (Å²) >= 11 is 12.4. The molecule has 3 heterocycles. The molecule has 0 atom stereocenters. The van der Waals surface area contributed by atoms with Gasteiger partial charge < -0.3 is 9.47 Å². The van der Waals surface area contributed by atoms with Crippen molar-refractivity contribution in [2.45, 2.75) is 11.3 Å². The van der Waals surface area contributed by atoms with Gasteiger partial charge in [0.2, 0.25) is 16.8 Å². The van der Waals surface area contributed by atoms with Crippen LogP contribution >= 0.6 is 23.2 Å². The van der Waals surface area contributed by atoms with Gasteiger partial charge in [-0.1, -0.05) is 29.3 Å². The summed E-state index contributed by atoms with van der Waals surface area (Å²) in [6.07, 6.45) is 3.65. The van der Waals surface area contributed by atoms with E-state index >= 15 is 0 Å². The third-order valence-corrected chi connectivity index (χ3v) is 7.17. The summed E-state index contributed by atoms with van der Waals surface area (Å²) in [5.74, 6) is 1.26. The first kappa shape index (κ1) is 17.7. The van der Waals surface area contributed by atoms with Crippen LogP contribution in [0, 0.1) is 0 Å². The van der Waals surface area contributed by atoms with Gasteiger partial charge in [0.15, 0.2) is 11.5 Å². The number of ether oxygens (including phenoxy) is 2. The SMILES string of the molecule is Cn1ncc(S(=O)(=O)N2CC=C(c3cc4c(cc3Cl)OCO4)CC2)c1Cl. The molecule has 0 radical (unpaired) electrons. The molecule has 26 heavy (non-hydrogen) atoms. The fourth-order valence-electron chi connectivity index (χ4n) is 2.99. The Labute approximate surface area is 160 Å². The van der Waals surface area contributed by atoms with E-state index in [-0.39, 0.29) is 23.4 Å². The maximum Gasteiger partial charge on any atom is 0.248 e. The smallest absolute Gasteiger partial charge is 0.248 e. The van der Waals surface area contributed by atoms with Gasteiger partial charge in [0.25, 0.3) is 0 Å². The molecule has 4 rings (SSSR count). The zero-order chi connectivity index (χ0) is 18.5. The molecule has 10 heteroatoms. The maximum absolute atomic E-state index is 12.8. The van der Waals surface area contributed by atoms with Crippen LogP contribution in [-0.2, 0) is 17.1 Å². The van der Waals surface area contributed by atoms with Crippen molar-refractivity contribution in [1.82, 2.24) is 14.1 Å². The molecule has 0 saturated heterocycles. The molecular weight excluding hydrogens is 401 g/mol. The zero-order valence-electron chi connectivity index (χ0n) is 13.8. The molecule has 0 amide bonds. The monoisotopic (exact) mass is 415 g/mol. The van der Waals surface area contributed by atoms with E-state index < -0.39 is 10.0 Å². The van der Waals surface area contributed by atoms with Crippen molar-refractivity contribution in [3.8, 4) is 11.5 Å². The first-order chi connectivity index (χ1) is 12.4. The van der Waals surface area contributed by atoms with E-state index in [1.165, 1.54) is 15.2 Å². The third-order valence-electron chi connectivity index (χ3n) is 4.43. The Hall–Kier alpha value is -1.74. The Morgan fingerprint density at radius 1 is 1.19 bits per heavy atom. The molecule has 7 nitrogen and oxygen atoms in total. The Kier molecular flexibility index (Phi) is 4.38. The van der Waals surface area contributed by atoms with Gasteiger partial charge in [-0.2, -0.15) is 9.40 Å². The van der Waals surface area contributed by atoms with E-state index in [2.05, 4.69) is 5.10 Å². The van der Waals surface area contributed by atoms with E-state index in [1.54, 1.807) is 13.1 Å². The molecular formula is C16H15Cl2N3O4S. The number of rotatable bonds is 3. The predicted molar refractivity (Wildman–Crippen MR) is 97.1 cm³/mol. The van der Waals surface area contributed by atoms with E-state index in [0.717, 1.165) is 11.1 Å². The van der Waals surface area contributed by atoms with Gasteiger partial charge in [-0.3, -0.25) is 4.68 Å². The first-order valence-corrected chi connectivity index (χ1v) is 10.0.